The zero-order valence-corrected chi connectivity index (χ0v) is 10.1. The lowest BCUT2D eigenvalue weighted by Crippen LogP contribution is -2.47. The van der Waals surface area contributed by atoms with Gasteiger partial charge in [-0.1, -0.05) is 0 Å². The number of hydrogen-bond donors (Lipinski definition) is 1. The van der Waals surface area contributed by atoms with Gasteiger partial charge >= 0.3 is 0 Å². The van der Waals surface area contributed by atoms with Crippen molar-refractivity contribution in [2.24, 2.45) is 11.8 Å². The molecular formula is C13H20N2O. The predicted octanol–water partition coefficient (Wildman–Crippen LogP) is 0.856. The highest BCUT2D eigenvalue weighted by molar-refractivity contribution is 5.77. The molecule has 88 valence electrons. The molecule has 2 atom stereocenters. The summed E-state index contributed by atoms with van der Waals surface area (Å²) in [5, 5.41) is 3.41. The fraction of sp³-hybridized carbons (Fsp3) is 0.769. The van der Waals surface area contributed by atoms with Gasteiger partial charge in [-0.15, -0.1) is 12.3 Å². The Balaban J connectivity index is 2.07. The highest BCUT2D eigenvalue weighted by atomic mass is 16.2. The maximum absolute atomic E-state index is 12.1. The topological polar surface area (TPSA) is 32.3 Å². The first-order chi connectivity index (χ1) is 7.57. The third-order valence-corrected chi connectivity index (χ3v) is 4.14. The Bertz CT molecular complexity index is 329. The number of carbonyl (C=O) groups excluding carboxylic acids is 1. The highest BCUT2D eigenvalue weighted by Gasteiger charge is 2.50. The van der Waals surface area contributed by atoms with E-state index in [0.29, 0.717) is 24.7 Å². The van der Waals surface area contributed by atoms with E-state index in [1.807, 2.05) is 4.90 Å². The molecule has 2 aliphatic rings. The van der Waals surface area contributed by atoms with E-state index in [1.165, 1.54) is 0 Å². The van der Waals surface area contributed by atoms with Crippen molar-refractivity contribution >= 4 is 5.91 Å². The van der Waals surface area contributed by atoms with Gasteiger partial charge in [0.15, 0.2) is 0 Å². The van der Waals surface area contributed by atoms with Crippen LogP contribution in [-0.4, -0.2) is 36.0 Å². The van der Waals surface area contributed by atoms with Crippen LogP contribution in [0.4, 0.5) is 0 Å². The van der Waals surface area contributed by atoms with E-state index in [4.69, 9.17) is 6.42 Å². The molecule has 0 aromatic heterocycles. The standard InChI is InChI=1S/C13H20N2O/c1-4-5-6-12(16)15-9-10-7-14-8-11(10)13(15,2)3/h1,10-11,14H,5-9H2,2-3H3. The van der Waals surface area contributed by atoms with Gasteiger partial charge in [0.25, 0.3) is 0 Å². The molecule has 2 heterocycles. The van der Waals surface area contributed by atoms with Crippen LogP contribution < -0.4 is 5.32 Å². The zero-order valence-electron chi connectivity index (χ0n) is 10.1. The third kappa shape index (κ3) is 1.72. The van der Waals surface area contributed by atoms with Crippen LogP contribution in [0.5, 0.6) is 0 Å². The Morgan fingerprint density at radius 1 is 1.56 bits per heavy atom. The first-order valence-electron chi connectivity index (χ1n) is 6.02. The molecule has 0 saturated carbocycles. The molecule has 3 heteroatoms. The maximum Gasteiger partial charge on any atom is 0.223 e. The van der Waals surface area contributed by atoms with Gasteiger partial charge < -0.3 is 10.2 Å². The SMILES string of the molecule is C#CCCC(=O)N1CC2CNCC2C1(C)C. The Labute approximate surface area is 97.6 Å². The summed E-state index contributed by atoms with van der Waals surface area (Å²) in [7, 11) is 0. The Morgan fingerprint density at radius 2 is 2.31 bits per heavy atom. The minimum Gasteiger partial charge on any atom is -0.337 e. The maximum atomic E-state index is 12.1. The summed E-state index contributed by atoms with van der Waals surface area (Å²) in [6.45, 7) is 7.34. The van der Waals surface area contributed by atoms with Crippen LogP contribution in [0.2, 0.25) is 0 Å². The van der Waals surface area contributed by atoms with E-state index in [1.54, 1.807) is 0 Å². The monoisotopic (exact) mass is 220 g/mol. The van der Waals surface area contributed by atoms with Crippen LogP contribution in [0.1, 0.15) is 26.7 Å². The number of rotatable bonds is 2. The second-order valence-electron chi connectivity index (χ2n) is 5.39. The predicted molar refractivity (Wildman–Crippen MR) is 63.7 cm³/mol. The van der Waals surface area contributed by atoms with Crippen molar-refractivity contribution < 1.29 is 4.79 Å². The zero-order chi connectivity index (χ0) is 11.8. The van der Waals surface area contributed by atoms with Gasteiger partial charge in [-0.2, -0.15) is 0 Å². The van der Waals surface area contributed by atoms with E-state index < -0.39 is 0 Å². The van der Waals surface area contributed by atoms with Crippen molar-refractivity contribution in [1.29, 1.82) is 0 Å². The number of amides is 1. The lowest BCUT2D eigenvalue weighted by atomic mass is 9.85. The van der Waals surface area contributed by atoms with Gasteiger partial charge in [0.2, 0.25) is 5.91 Å². The minimum absolute atomic E-state index is 0.0140. The third-order valence-electron chi connectivity index (χ3n) is 4.14. The van der Waals surface area contributed by atoms with Crippen LogP contribution in [0.25, 0.3) is 0 Å². The summed E-state index contributed by atoms with van der Waals surface area (Å²) >= 11 is 0. The fourth-order valence-electron chi connectivity index (χ4n) is 3.16. The van der Waals surface area contributed by atoms with E-state index in [-0.39, 0.29) is 11.4 Å². The second-order valence-corrected chi connectivity index (χ2v) is 5.39. The average Bonchev–Trinajstić information content (AvgIpc) is 2.78. The van der Waals surface area contributed by atoms with Crippen LogP contribution in [-0.2, 0) is 4.79 Å². The summed E-state index contributed by atoms with van der Waals surface area (Å²) in [6.07, 6.45) is 6.25. The van der Waals surface area contributed by atoms with Crippen LogP contribution in [0.3, 0.4) is 0 Å². The van der Waals surface area contributed by atoms with E-state index >= 15 is 0 Å². The molecule has 2 saturated heterocycles. The molecule has 1 amide bonds. The normalized spacial score (nSPS) is 31.2. The molecule has 2 rings (SSSR count). The van der Waals surface area contributed by atoms with E-state index in [0.717, 1.165) is 19.6 Å². The molecule has 0 radical (unpaired) electrons. The number of likely N-dealkylation sites (tertiary alicyclic amines) is 1. The van der Waals surface area contributed by atoms with Crippen molar-refractivity contribution in [3.05, 3.63) is 0 Å². The number of hydrogen-bond acceptors (Lipinski definition) is 2. The molecule has 2 unspecified atom stereocenters. The minimum atomic E-state index is -0.0140. The number of carbonyl (C=O) groups is 1. The smallest absolute Gasteiger partial charge is 0.223 e. The molecule has 1 N–H and O–H groups in total. The molecule has 0 spiro atoms. The van der Waals surface area contributed by atoms with Crippen LogP contribution in [0, 0.1) is 24.2 Å². The van der Waals surface area contributed by atoms with Gasteiger partial charge in [0.1, 0.15) is 0 Å². The number of fused-ring (bicyclic) bond motifs is 1. The molecule has 2 fully saturated rings. The molecule has 0 aromatic carbocycles. The van der Waals surface area contributed by atoms with Crippen LogP contribution in [0.15, 0.2) is 0 Å². The second kappa shape index (κ2) is 4.10. The highest BCUT2D eigenvalue weighted by Crippen LogP contribution is 2.40. The summed E-state index contributed by atoms with van der Waals surface area (Å²) in [5.74, 6) is 3.99. The first-order valence-corrected chi connectivity index (χ1v) is 6.02. The summed E-state index contributed by atoms with van der Waals surface area (Å²) < 4.78 is 0. The van der Waals surface area contributed by atoms with Gasteiger partial charge in [-0.3, -0.25) is 4.79 Å². The summed E-state index contributed by atoms with van der Waals surface area (Å²) in [5.41, 5.74) is -0.0140. The largest absolute Gasteiger partial charge is 0.337 e. The van der Waals surface area contributed by atoms with Gasteiger partial charge in [-0.05, 0) is 25.7 Å². The van der Waals surface area contributed by atoms with E-state index in [2.05, 4.69) is 25.1 Å². The average molecular weight is 220 g/mol. The van der Waals surface area contributed by atoms with Crippen LogP contribution >= 0.6 is 0 Å². The van der Waals surface area contributed by atoms with Crippen molar-refractivity contribution in [2.75, 3.05) is 19.6 Å². The lowest BCUT2D eigenvalue weighted by Gasteiger charge is -2.35. The quantitative estimate of drug-likeness (QED) is 0.700. The van der Waals surface area contributed by atoms with Gasteiger partial charge in [0, 0.05) is 38.0 Å². The van der Waals surface area contributed by atoms with Crippen molar-refractivity contribution in [3.63, 3.8) is 0 Å². The number of nitrogens with one attached hydrogen (secondary N) is 1. The number of terminal acetylenes is 1. The van der Waals surface area contributed by atoms with Crippen molar-refractivity contribution in [1.82, 2.24) is 10.2 Å². The van der Waals surface area contributed by atoms with E-state index in [9.17, 15) is 4.79 Å². The summed E-state index contributed by atoms with van der Waals surface area (Å²) in [4.78, 5) is 14.1. The molecule has 2 aliphatic heterocycles. The molecule has 3 nitrogen and oxygen atoms in total. The molecular weight excluding hydrogens is 200 g/mol. The first kappa shape index (κ1) is 11.5. The Morgan fingerprint density at radius 3 is 2.94 bits per heavy atom. The Hall–Kier alpha value is -1.01. The molecule has 0 aromatic rings. The van der Waals surface area contributed by atoms with Crippen molar-refractivity contribution in [3.8, 4) is 12.3 Å². The van der Waals surface area contributed by atoms with Gasteiger partial charge in [0.05, 0.1) is 0 Å². The molecule has 0 bridgehead atoms. The van der Waals surface area contributed by atoms with Gasteiger partial charge in [-0.25, -0.2) is 0 Å². The van der Waals surface area contributed by atoms with Crippen molar-refractivity contribution in [2.45, 2.75) is 32.2 Å². The number of nitrogens with zero attached hydrogens (tertiary/aromatic N) is 1. The molecule has 0 aliphatic carbocycles. The lowest BCUT2D eigenvalue weighted by molar-refractivity contribution is -0.135. The Kier molecular flexibility index (Phi) is 2.94. The fourth-order valence-corrected chi connectivity index (χ4v) is 3.16. The molecule has 16 heavy (non-hydrogen) atoms. The summed E-state index contributed by atoms with van der Waals surface area (Å²) in [6, 6.07) is 0.